The Bertz CT molecular complexity index is 888. The molecule has 31 heavy (non-hydrogen) atoms. The second kappa shape index (κ2) is 9.85. The number of nitrogens with two attached hydrogens (primary N) is 1. The number of halogens is 2. The summed E-state index contributed by atoms with van der Waals surface area (Å²) in [6.45, 7) is 2.94. The average Bonchev–Trinajstić information content (AvgIpc) is 3.27. The molecule has 1 aliphatic heterocycles. The second-order valence-corrected chi connectivity index (χ2v) is 9.27. The first-order valence-electron chi connectivity index (χ1n) is 11.1. The highest BCUT2D eigenvalue weighted by Crippen LogP contribution is 2.40. The molecule has 5 rings (SSSR count). The summed E-state index contributed by atoms with van der Waals surface area (Å²) in [5, 5.41) is 3.33. The maximum atomic E-state index is 13.2. The predicted octanol–water partition coefficient (Wildman–Crippen LogP) is 4.71. The number of furan rings is 1. The number of benzene rings is 1. The number of para-hydroxylation sites is 1. The van der Waals surface area contributed by atoms with Gasteiger partial charge in [0.2, 0.25) is 0 Å². The van der Waals surface area contributed by atoms with Crippen molar-refractivity contribution in [2.45, 2.75) is 70.1 Å². The van der Waals surface area contributed by atoms with Gasteiger partial charge in [0.1, 0.15) is 0 Å². The van der Waals surface area contributed by atoms with Crippen molar-refractivity contribution < 1.29 is 9.21 Å². The molecule has 3 unspecified atom stereocenters. The lowest BCUT2D eigenvalue weighted by Crippen LogP contribution is -2.53. The molecule has 0 saturated heterocycles. The van der Waals surface area contributed by atoms with Crippen molar-refractivity contribution in [3.8, 4) is 0 Å². The standard InChI is InChI=1S/C24H31N3O2.2ClH/c1-15-11-16-5-2-3-8-21(16)27(15)14-19-9-10-29-23(19)24(28)26-22-17-6-4-7-18(22)13-20(25)12-17;;/h2-3,5,8-10,15,17-18,20,22H,4,6-7,11-14,25H2,1H3,(H,26,28);2*1H. The number of carbonyl (C=O) groups is 1. The molecule has 0 radical (unpaired) electrons. The van der Waals surface area contributed by atoms with E-state index in [-0.39, 0.29) is 42.8 Å². The lowest BCUT2D eigenvalue weighted by Gasteiger charge is -2.45. The van der Waals surface area contributed by atoms with Gasteiger partial charge >= 0.3 is 0 Å². The zero-order valence-electron chi connectivity index (χ0n) is 18.0. The van der Waals surface area contributed by atoms with Crippen LogP contribution in [0.25, 0.3) is 0 Å². The van der Waals surface area contributed by atoms with E-state index in [1.54, 1.807) is 6.26 Å². The van der Waals surface area contributed by atoms with E-state index in [0.717, 1.165) is 24.8 Å². The van der Waals surface area contributed by atoms with Crippen LogP contribution in [0, 0.1) is 11.8 Å². The Balaban J connectivity index is 0.00000136. The van der Waals surface area contributed by atoms with E-state index >= 15 is 0 Å². The van der Waals surface area contributed by atoms with Crippen LogP contribution >= 0.6 is 24.8 Å². The van der Waals surface area contributed by atoms with Crippen LogP contribution in [-0.4, -0.2) is 24.0 Å². The SMILES string of the molecule is CC1Cc2ccccc2N1Cc1ccoc1C(=O)NC1C2CCCC1CC(N)C2.Cl.Cl. The first kappa shape index (κ1) is 24.0. The quantitative estimate of drug-likeness (QED) is 0.685. The molecule has 2 heterocycles. The first-order valence-corrected chi connectivity index (χ1v) is 11.1. The Kier molecular flexibility index (Phi) is 7.61. The third-order valence-corrected chi connectivity index (χ3v) is 7.32. The molecule has 3 atom stereocenters. The van der Waals surface area contributed by atoms with Crippen molar-refractivity contribution in [2.75, 3.05) is 4.90 Å². The number of rotatable bonds is 4. The van der Waals surface area contributed by atoms with E-state index in [4.69, 9.17) is 10.2 Å². The van der Waals surface area contributed by atoms with E-state index < -0.39 is 0 Å². The minimum atomic E-state index is -0.0671. The lowest BCUT2D eigenvalue weighted by atomic mass is 9.67. The minimum Gasteiger partial charge on any atom is -0.459 e. The van der Waals surface area contributed by atoms with Crippen molar-refractivity contribution in [3.63, 3.8) is 0 Å². The summed E-state index contributed by atoms with van der Waals surface area (Å²) in [5.74, 6) is 1.41. The van der Waals surface area contributed by atoms with Crippen molar-refractivity contribution >= 4 is 36.4 Å². The van der Waals surface area contributed by atoms with E-state index in [1.807, 2.05) is 6.07 Å². The van der Waals surface area contributed by atoms with Crippen LogP contribution in [0.1, 0.15) is 60.7 Å². The molecule has 2 saturated carbocycles. The minimum absolute atomic E-state index is 0. The summed E-state index contributed by atoms with van der Waals surface area (Å²) in [7, 11) is 0. The third-order valence-electron chi connectivity index (χ3n) is 7.32. The van der Waals surface area contributed by atoms with Gasteiger partial charge in [-0.05, 0) is 68.6 Å². The van der Waals surface area contributed by atoms with Crippen LogP contribution in [0.15, 0.2) is 41.0 Å². The highest BCUT2D eigenvalue weighted by Gasteiger charge is 2.40. The predicted molar refractivity (Wildman–Crippen MR) is 128 cm³/mol. The van der Waals surface area contributed by atoms with Crippen LogP contribution in [0.3, 0.4) is 0 Å². The second-order valence-electron chi connectivity index (χ2n) is 9.27. The summed E-state index contributed by atoms with van der Waals surface area (Å²) in [6, 6.07) is 11.4. The Hall–Kier alpha value is -1.69. The Morgan fingerprint density at radius 3 is 2.61 bits per heavy atom. The molecule has 1 aromatic carbocycles. The average molecular weight is 466 g/mol. The molecule has 5 nitrogen and oxygen atoms in total. The van der Waals surface area contributed by atoms with Crippen molar-refractivity contribution in [3.05, 3.63) is 53.5 Å². The molecule has 1 aromatic heterocycles. The maximum absolute atomic E-state index is 13.2. The number of nitrogens with one attached hydrogen (secondary N) is 1. The molecule has 170 valence electrons. The Morgan fingerprint density at radius 1 is 1.16 bits per heavy atom. The van der Waals surface area contributed by atoms with Crippen LogP contribution in [0.4, 0.5) is 5.69 Å². The molecule has 7 heteroatoms. The molecule has 3 N–H and O–H groups in total. The van der Waals surface area contributed by atoms with Crippen LogP contribution in [-0.2, 0) is 13.0 Å². The number of amides is 1. The van der Waals surface area contributed by atoms with Gasteiger partial charge in [-0.3, -0.25) is 4.79 Å². The number of carbonyl (C=O) groups excluding carboxylic acids is 1. The molecule has 2 bridgehead atoms. The fourth-order valence-corrected chi connectivity index (χ4v) is 5.96. The molecular formula is C24H33Cl2N3O2. The van der Waals surface area contributed by atoms with Crippen molar-refractivity contribution in [2.24, 2.45) is 17.6 Å². The van der Waals surface area contributed by atoms with Gasteiger partial charge in [0.15, 0.2) is 5.76 Å². The summed E-state index contributed by atoms with van der Waals surface area (Å²) in [5.41, 5.74) is 9.85. The smallest absolute Gasteiger partial charge is 0.287 e. The molecule has 0 spiro atoms. The monoisotopic (exact) mass is 465 g/mol. The van der Waals surface area contributed by atoms with E-state index in [9.17, 15) is 4.79 Å². The van der Waals surface area contributed by atoms with Gasteiger partial charge in [-0.25, -0.2) is 0 Å². The highest BCUT2D eigenvalue weighted by molar-refractivity contribution is 5.93. The Labute approximate surface area is 196 Å². The number of anilines is 1. The fourth-order valence-electron chi connectivity index (χ4n) is 5.96. The van der Waals surface area contributed by atoms with Gasteiger partial charge in [-0.15, -0.1) is 24.8 Å². The van der Waals surface area contributed by atoms with Gasteiger partial charge in [-0.1, -0.05) is 24.6 Å². The van der Waals surface area contributed by atoms with E-state index in [0.29, 0.717) is 30.2 Å². The summed E-state index contributed by atoms with van der Waals surface area (Å²) < 4.78 is 5.68. The lowest BCUT2D eigenvalue weighted by molar-refractivity contribution is 0.0731. The summed E-state index contributed by atoms with van der Waals surface area (Å²) in [4.78, 5) is 15.5. The third kappa shape index (κ3) is 4.59. The van der Waals surface area contributed by atoms with E-state index in [2.05, 4.69) is 41.4 Å². The Morgan fingerprint density at radius 2 is 1.87 bits per heavy atom. The molecule has 1 amide bonds. The molecule has 2 aliphatic carbocycles. The first-order chi connectivity index (χ1) is 14.1. The molecule has 2 fully saturated rings. The highest BCUT2D eigenvalue weighted by atomic mass is 35.5. The fraction of sp³-hybridized carbons (Fsp3) is 0.542. The number of hydrogen-bond acceptors (Lipinski definition) is 4. The normalized spacial score (nSPS) is 28.8. The number of nitrogens with zero attached hydrogens (tertiary/aromatic N) is 1. The topological polar surface area (TPSA) is 71.5 Å². The van der Waals surface area contributed by atoms with Crippen LogP contribution in [0.5, 0.6) is 0 Å². The van der Waals surface area contributed by atoms with Gasteiger partial charge in [0, 0.05) is 35.9 Å². The number of hydrogen-bond donors (Lipinski definition) is 2. The number of fused-ring (bicyclic) bond motifs is 3. The van der Waals surface area contributed by atoms with E-state index in [1.165, 1.54) is 30.5 Å². The van der Waals surface area contributed by atoms with Gasteiger partial charge in [-0.2, -0.15) is 0 Å². The van der Waals surface area contributed by atoms with Gasteiger partial charge in [0.05, 0.1) is 6.26 Å². The van der Waals surface area contributed by atoms with Crippen LogP contribution in [0.2, 0.25) is 0 Å². The van der Waals surface area contributed by atoms with Crippen molar-refractivity contribution in [1.29, 1.82) is 0 Å². The van der Waals surface area contributed by atoms with Gasteiger partial charge < -0.3 is 20.4 Å². The largest absolute Gasteiger partial charge is 0.459 e. The molecule has 2 aromatic rings. The van der Waals surface area contributed by atoms with Gasteiger partial charge in [0.25, 0.3) is 5.91 Å². The molecular weight excluding hydrogens is 433 g/mol. The zero-order valence-corrected chi connectivity index (χ0v) is 19.6. The maximum Gasteiger partial charge on any atom is 0.287 e. The molecule has 3 aliphatic rings. The zero-order chi connectivity index (χ0) is 20.0. The van der Waals surface area contributed by atoms with Crippen LogP contribution < -0.4 is 16.0 Å². The summed E-state index contributed by atoms with van der Waals surface area (Å²) >= 11 is 0. The summed E-state index contributed by atoms with van der Waals surface area (Å²) in [6.07, 6.45) is 8.33. The van der Waals surface area contributed by atoms with Crippen molar-refractivity contribution in [1.82, 2.24) is 5.32 Å².